The zero-order valence-electron chi connectivity index (χ0n) is 33.1. The molecule has 0 saturated heterocycles. The standard InChI is InChI=1S/C47H79NO3/c1-3-5-7-9-11-13-15-16-17-18-19-20-21-22-23-24-25-26-27-28-29-30-31-32-33-35-37-39-41-43-47(51)48-45(44-49)46(50)42-40-38-36-34-14-12-10-8-6-4-2/h5,7,11,13,16-17,19-20,22-23,25-26,28-29,40,42,45-46,49-50H,3-4,6,8-10,12,14-15,18,21,24,27,30-39,41,43-44H2,1-2H3,(H,48,51)/b7-5-,13-11-,17-16-,20-19-,23-22-,26-25-,29-28-,42-40+. The van der Waals surface area contributed by atoms with Gasteiger partial charge in [-0.15, -0.1) is 0 Å². The predicted octanol–water partition coefficient (Wildman–Crippen LogP) is 13.1. The van der Waals surface area contributed by atoms with E-state index in [2.05, 4.69) is 104 Å². The van der Waals surface area contributed by atoms with Gasteiger partial charge in [0.25, 0.3) is 0 Å². The molecule has 0 radical (unpaired) electrons. The van der Waals surface area contributed by atoms with Crippen molar-refractivity contribution in [3.8, 4) is 0 Å². The Morgan fingerprint density at radius 2 is 0.863 bits per heavy atom. The van der Waals surface area contributed by atoms with Gasteiger partial charge in [0.1, 0.15) is 0 Å². The number of carbonyl (C=O) groups excluding carboxylic acids is 1. The first-order valence-corrected chi connectivity index (χ1v) is 21.0. The van der Waals surface area contributed by atoms with Gasteiger partial charge in [-0.05, 0) is 77.0 Å². The Hall–Kier alpha value is -2.69. The molecule has 0 aromatic carbocycles. The van der Waals surface area contributed by atoms with Crippen LogP contribution in [0.1, 0.15) is 174 Å². The minimum absolute atomic E-state index is 0.0830. The number of nitrogens with one attached hydrogen (secondary N) is 1. The highest BCUT2D eigenvalue weighted by Crippen LogP contribution is 2.12. The Kier molecular flexibility index (Phi) is 39.5. The SMILES string of the molecule is CC/C=C\C/C=C\C/C=C\C/C=C\C/C=C\C/C=C\C/C=C\CCCCCCCCCC(=O)NC(CO)C(O)/C=C/CCCCCCCCCC. The molecule has 2 atom stereocenters. The molecule has 4 heteroatoms. The van der Waals surface area contributed by atoms with Crippen LogP contribution in [0.4, 0.5) is 0 Å². The fraction of sp³-hybridized carbons (Fsp3) is 0.638. The number of hydrogen-bond acceptors (Lipinski definition) is 3. The van der Waals surface area contributed by atoms with Crippen LogP contribution in [0.15, 0.2) is 97.2 Å². The van der Waals surface area contributed by atoms with Crippen LogP contribution in [0.2, 0.25) is 0 Å². The molecule has 0 aliphatic rings. The van der Waals surface area contributed by atoms with Crippen molar-refractivity contribution in [2.45, 2.75) is 187 Å². The van der Waals surface area contributed by atoms with Gasteiger partial charge in [0.15, 0.2) is 0 Å². The first-order valence-electron chi connectivity index (χ1n) is 21.0. The van der Waals surface area contributed by atoms with Crippen molar-refractivity contribution in [2.75, 3.05) is 6.61 Å². The van der Waals surface area contributed by atoms with Crippen molar-refractivity contribution in [3.05, 3.63) is 97.2 Å². The number of aliphatic hydroxyl groups is 2. The summed E-state index contributed by atoms with van der Waals surface area (Å²) >= 11 is 0. The van der Waals surface area contributed by atoms with Crippen LogP contribution < -0.4 is 5.32 Å². The minimum Gasteiger partial charge on any atom is -0.394 e. The third-order valence-electron chi connectivity index (χ3n) is 8.82. The summed E-state index contributed by atoms with van der Waals surface area (Å²) in [7, 11) is 0. The van der Waals surface area contributed by atoms with Crippen molar-refractivity contribution in [1.29, 1.82) is 0 Å². The lowest BCUT2D eigenvalue weighted by Crippen LogP contribution is -2.45. The van der Waals surface area contributed by atoms with E-state index in [1.165, 1.54) is 70.6 Å². The van der Waals surface area contributed by atoms with Gasteiger partial charge in [0.05, 0.1) is 18.8 Å². The second-order valence-corrected chi connectivity index (χ2v) is 13.7. The number of rotatable bonds is 36. The monoisotopic (exact) mass is 706 g/mol. The minimum atomic E-state index is -0.848. The average Bonchev–Trinajstić information content (AvgIpc) is 3.13. The summed E-state index contributed by atoms with van der Waals surface area (Å²) < 4.78 is 0. The van der Waals surface area contributed by atoms with Crippen LogP contribution in [0.3, 0.4) is 0 Å². The van der Waals surface area contributed by atoms with Crippen LogP contribution >= 0.6 is 0 Å². The van der Waals surface area contributed by atoms with Crippen LogP contribution in [-0.4, -0.2) is 34.9 Å². The summed E-state index contributed by atoms with van der Waals surface area (Å²) in [5.74, 6) is -0.0830. The molecular formula is C47H79NO3. The highest BCUT2D eigenvalue weighted by molar-refractivity contribution is 5.76. The maximum atomic E-state index is 12.3. The van der Waals surface area contributed by atoms with Gasteiger partial charge in [-0.1, -0.05) is 188 Å². The second-order valence-electron chi connectivity index (χ2n) is 13.7. The van der Waals surface area contributed by atoms with Crippen LogP contribution in [0.25, 0.3) is 0 Å². The number of hydrogen-bond donors (Lipinski definition) is 3. The molecule has 0 aromatic rings. The number of amides is 1. The van der Waals surface area contributed by atoms with Gasteiger partial charge in [0.2, 0.25) is 5.91 Å². The molecule has 290 valence electrons. The summed E-state index contributed by atoms with van der Waals surface area (Å²) in [6.07, 6.45) is 62.2. The molecule has 0 aromatic heterocycles. The summed E-state index contributed by atoms with van der Waals surface area (Å²) in [5, 5.41) is 22.9. The molecule has 0 bridgehead atoms. The molecule has 2 unspecified atom stereocenters. The van der Waals surface area contributed by atoms with Gasteiger partial charge < -0.3 is 15.5 Å². The molecule has 3 N–H and O–H groups in total. The smallest absolute Gasteiger partial charge is 0.220 e. The maximum Gasteiger partial charge on any atom is 0.220 e. The molecule has 51 heavy (non-hydrogen) atoms. The number of carbonyl (C=O) groups is 1. The molecule has 0 aliphatic carbocycles. The molecule has 1 amide bonds. The normalized spacial score (nSPS) is 14.0. The average molecular weight is 706 g/mol. The Morgan fingerprint density at radius 3 is 1.29 bits per heavy atom. The summed E-state index contributed by atoms with van der Waals surface area (Å²) in [6, 6.07) is -0.632. The summed E-state index contributed by atoms with van der Waals surface area (Å²) in [5.41, 5.74) is 0. The number of aliphatic hydroxyl groups excluding tert-OH is 2. The Balaban J connectivity index is 3.66. The Labute approximate surface area is 315 Å². The maximum absolute atomic E-state index is 12.3. The predicted molar refractivity (Wildman–Crippen MR) is 225 cm³/mol. The van der Waals surface area contributed by atoms with E-state index in [0.29, 0.717) is 6.42 Å². The van der Waals surface area contributed by atoms with E-state index in [1.807, 2.05) is 6.08 Å². The third kappa shape index (κ3) is 38.4. The molecule has 4 nitrogen and oxygen atoms in total. The molecule has 0 aliphatic heterocycles. The number of allylic oxidation sites excluding steroid dienone is 15. The highest BCUT2D eigenvalue weighted by Gasteiger charge is 2.17. The lowest BCUT2D eigenvalue weighted by atomic mass is 10.1. The van der Waals surface area contributed by atoms with E-state index in [0.717, 1.165) is 83.5 Å². The van der Waals surface area contributed by atoms with E-state index < -0.39 is 12.1 Å². The zero-order valence-corrected chi connectivity index (χ0v) is 33.1. The van der Waals surface area contributed by atoms with E-state index in [-0.39, 0.29) is 12.5 Å². The number of unbranched alkanes of at least 4 members (excludes halogenated alkanes) is 15. The van der Waals surface area contributed by atoms with Gasteiger partial charge in [-0.25, -0.2) is 0 Å². The van der Waals surface area contributed by atoms with Crippen molar-refractivity contribution >= 4 is 5.91 Å². The molecule has 0 heterocycles. The van der Waals surface area contributed by atoms with E-state index >= 15 is 0 Å². The van der Waals surface area contributed by atoms with Crippen molar-refractivity contribution in [3.63, 3.8) is 0 Å². The zero-order chi connectivity index (χ0) is 37.1. The summed E-state index contributed by atoms with van der Waals surface area (Å²) in [6.45, 7) is 4.15. The summed E-state index contributed by atoms with van der Waals surface area (Å²) in [4.78, 5) is 12.3. The van der Waals surface area contributed by atoms with Gasteiger partial charge in [-0.2, -0.15) is 0 Å². The molecule has 0 fully saturated rings. The molecular weight excluding hydrogens is 627 g/mol. The molecule has 0 saturated carbocycles. The van der Waals surface area contributed by atoms with Gasteiger partial charge in [-0.3, -0.25) is 4.79 Å². The second kappa shape index (κ2) is 41.7. The highest BCUT2D eigenvalue weighted by atomic mass is 16.3. The van der Waals surface area contributed by atoms with Crippen molar-refractivity contribution < 1.29 is 15.0 Å². The Bertz CT molecular complexity index is 983. The first kappa shape index (κ1) is 48.3. The van der Waals surface area contributed by atoms with E-state index in [4.69, 9.17) is 0 Å². The molecule has 0 spiro atoms. The van der Waals surface area contributed by atoms with Gasteiger partial charge >= 0.3 is 0 Å². The topological polar surface area (TPSA) is 69.6 Å². The first-order chi connectivity index (χ1) is 25.2. The fourth-order valence-corrected chi connectivity index (χ4v) is 5.63. The molecule has 0 rings (SSSR count). The van der Waals surface area contributed by atoms with Crippen LogP contribution in [0.5, 0.6) is 0 Å². The van der Waals surface area contributed by atoms with Crippen molar-refractivity contribution in [2.24, 2.45) is 0 Å². The van der Waals surface area contributed by atoms with E-state index in [1.54, 1.807) is 6.08 Å². The fourth-order valence-electron chi connectivity index (χ4n) is 5.63. The van der Waals surface area contributed by atoms with Crippen LogP contribution in [-0.2, 0) is 4.79 Å². The van der Waals surface area contributed by atoms with Crippen molar-refractivity contribution in [1.82, 2.24) is 5.32 Å². The largest absolute Gasteiger partial charge is 0.394 e. The lowest BCUT2D eigenvalue weighted by Gasteiger charge is -2.20. The Morgan fingerprint density at radius 1 is 0.490 bits per heavy atom. The van der Waals surface area contributed by atoms with Gasteiger partial charge in [0, 0.05) is 6.42 Å². The quantitative estimate of drug-likeness (QED) is 0.0449. The third-order valence-corrected chi connectivity index (χ3v) is 8.82. The van der Waals surface area contributed by atoms with Crippen LogP contribution in [0, 0.1) is 0 Å². The lowest BCUT2D eigenvalue weighted by molar-refractivity contribution is -0.123. The van der Waals surface area contributed by atoms with E-state index in [9.17, 15) is 15.0 Å².